The number of hydrogen-bond donors (Lipinski definition) is 2. The van der Waals surface area contributed by atoms with Crippen LogP contribution in [0, 0.1) is 5.82 Å². The molecule has 1 heterocycles. The molecule has 88 valence electrons. The van der Waals surface area contributed by atoms with Crippen LogP contribution in [0.15, 0.2) is 16.6 Å². The minimum Gasteiger partial charge on any atom is -0.319 e. The maximum absolute atomic E-state index is 13.9. The maximum atomic E-state index is 13.9. The molecular formula is C11H8BrFN2O2. The molecule has 1 unspecified atom stereocenters. The first-order chi connectivity index (χ1) is 8.04. The minimum atomic E-state index is -1.08. The molecule has 1 spiro atoms. The first kappa shape index (κ1) is 10.7. The van der Waals surface area contributed by atoms with Crippen LogP contribution in [0.3, 0.4) is 0 Å². The summed E-state index contributed by atoms with van der Waals surface area (Å²) in [6.07, 6.45) is 0.835. The number of nitrogens with one attached hydrogen (secondary N) is 2. The molecule has 1 atom stereocenters. The highest BCUT2D eigenvalue weighted by atomic mass is 79.9. The zero-order chi connectivity index (χ0) is 12.2. The number of carbonyl (C=O) groups is 2. The predicted octanol–water partition coefficient (Wildman–Crippen LogP) is 1.57. The standard InChI is InChI=1S/C11H8BrFN2O2/c12-7-2-1-6-5(8(7)13)3-4-11(6)9(16)14-10(17)15-11/h1-2H,3-4H2,(H2,14,15,16,17). The largest absolute Gasteiger partial charge is 0.322 e. The molecule has 1 aromatic carbocycles. The Morgan fingerprint density at radius 3 is 2.76 bits per heavy atom. The van der Waals surface area contributed by atoms with Crippen molar-refractivity contribution in [2.75, 3.05) is 0 Å². The number of imide groups is 1. The summed E-state index contributed by atoms with van der Waals surface area (Å²) in [6, 6.07) is 2.71. The van der Waals surface area contributed by atoms with Gasteiger partial charge in [0.25, 0.3) is 5.91 Å². The van der Waals surface area contributed by atoms with Crippen molar-refractivity contribution in [2.45, 2.75) is 18.4 Å². The van der Waals surface area contributed by atoms with Gasteiger partial charge in [0.1, 0.15) is 11.4 Å². The third-order valence-corrected chi connectivity index (χ3v) is 3.96. The van der Waals surface area contributed by atoms with Crippen LogP contribution < -0.4 is 10.6 Å². The molecule has 3 rings (SSSR count). The van der Waals surface area contributed by atoms with Crippen molar-refractivity contribution in [3.63, 3.8) is 0 Å². The number of hydrogen-bond acceptors (Lipinski definition) is 2. The summed E-state index contributed by atoms with van der Waals surface area (Å²) in [5.74, 6) is -0.753. The summed E-state index contributed by atoms with van der Waals surface area (Å²) in [5.41, 5.74) is -0.0215. The van der Waals surface area contributed by atoms with Crippen LogP contribution in [0.1, 0.15) is 17.5 Å². The molecule has 2 N–H and O–H groups in total. The molecule has 17 heavy (non-hydrogen) atoms. The van der Waals surface area contributed by atoms with E-state index in [0.717, 1.165) is 0 Å². The second kappa shape index (κ2) is 3.29. The fourth-order valence-electron chi connectivity index (χ4n) is 2.54. The Kier molecular flexibility index (Phi) is 2.07. The third-order valence-electron chi connectivity index (χ3n) is 3.35. The van der Waals surface area contributed by atoms with E-state index in [4.69, 9.17) is 0 Å². The van der Waals surface area contributed by atoms with Crippen molar-refractivity contribution in [1.29, 1.82) is 0 Å². The van der Waals surface area contributed by atoms with E-state index >= 15 is 0 Å². The van der Waals surface area contributed by atoms with Gasteiger partial charge >= 0.3 is 6.03 Å². The number of urea groups is 1. The Balaban J connectivity index is 2.20. The predicted molar refractivity (Wildman–Crippen MR) is 60.8 cm³/mol. The van der Waals surface area contributed by atoms with E-state index in [0.29, 0.717) is 28.4 Å². The summed E-state index contributed by atoms with van der Waals surface area (Å²) in [7, 11) is 0. The Hall–Kier alpha value is -1.43. The molecule has 6 heteroatoms. The summed E-state index contributed by atoms with van der Waals surface area (Å²) in [4.78, 5) is 23.1. The van der Waals surface area contributed by atoms with E-state index in [-0.39, 0.29) is 5.82 Å². The monoisotopic (exact) mass is 298 g/mol. The minimum absolute atomic E-state index is 0.353. The van der Waals surface area contributed by atoms with Gasteiger partial charge in [-0.2, -0.15) is 0 Å². The first-order valence-electron chi connectivity index (χ1n) is 5.15. The fourth-order valence-corrected chi connectivity index (χ4v) is 2.91. The summed E-state index contributed by atoms with van der Waals surface area (Å²) < 4.78 is 14.2. The number of halogens is 2. The van der Waals surface area contributed by atoms with Crippen molar-refractivity contribution in [1.82, 2.24) is 10.6 Å². The molecule has 1 aromatic rings. The molecule has 1 aliphatic carbocycles. The highest BCUT2D eigenvalue weighted by molar-refractivity contribution is 9.10. The number of carbonyl (C=O) groups excluding carboxylic acids is 2. The van der Waals surface area contributed by atoms with E-state index in [2.05, 4.69) is 26.6 Å². The van der Waals surface area contributed by atoms with Gasteiger partial charge in [0.05, 0.1) is 4.47 Å². The van der Waals surface area contributed by atoms with Crippen LogP contribution in [0.2, 0.25) is 0 Å². The average molecular weight is 299 g/mol. The van der Waals surface area contributed by atoms with Crippen molar-refractivity contribution >= 4 is 27.9 Å². The van der Waals surface area contributed by atoms with Crippen LogP contribution in [0.5, 0.6) is 0 Å². The molecule has 1 fully saturated rings. The van der Waals surface area contributed by atoms with Crippen molar-refractivity contribution in [3.05, 3.63) is 33.5 Å². The molecular weight excluding hydrogens is 291 g/mol. The first-order valence-corrected chi connectivity index (χ1v) is 5.95. The highest BCUT2D eigenvalue weighted by Crippen LogP contribution is 2.41. The van der Waals surface area contributed by atoms with Gasteiger partial charge in [-0.15, -0.1) is 0 Å². The quantitative estimate of drug-likeness (QED) is 0.714. The number of benzene rings is 1. The second-order valence-electron chi connectivity index (χ2n) is 4.20. The van der Waals surface area contributed by atoms with Gasteiger partial charge < -0.3 is 5.32 Å². The second-order valence-corrected chi connectivity index (χ2v) is 5.06. The molecule has 2 aliphatic rings. The van der Waals surface area contributed by atoms with Gasteiger partial charge in [0.15, 0.2) is 0 Å². The van der Waals surface area contributed by atoms with E-state index < -0.39 is 17.5 Å². The lowest BCUT2D eigenvalue weighted by atomic mass is 9.92. The maximum Gasteiger partial charge on any atom is 0.322 e. The topological polar surface area (TPSA) is 58.2 Å². The molecule has 1 aliphatic heterocycles. The van der Waals surface area contributed by atoms with E-state index in [1.54, 1.807) is 12.1 Å². The van der Waals surface area contributed by atoms with Gasteiger partial charge in [-0.05, 0) is 46.0 Å². The molecule has 0 bridgehead atoms. The van der Waals surface area contributed by atoms with Crippen LogP contribution in [0.25, 0.3) is 0 Å². The zero-order valence-corrected chi connectivity index (χ0v) is 10.2. The SMILES string of the molecule is O=C1NC(=O)C2(CCc3c2ccc(Br)c3F)N1. The van der Waals surface area contributed by atoms with Gasteiger partial charge in [-0.25, -0.2) is 9.18 Å². The number of rotatable bonds is 0. The van der Waals surface area contributed by atoms with E-state index in [1.807, 2.05) is 0 Å². The average Bonchev–Trinajstić information content (AvgIpc) is 2.77. The Labute approximate surface area is 105 Å². The molecule has 0 radical (unpaired) electrons. The van der Waals surface area contributed by atoms with Gasteiger partial charge in [0.2, 0.25) is 0 Å². The van der Waals surface area contributed by atoms with Crippen LogP contribution >= 0.6 is 15.9 Å². The third kappa shape index (κ3) is 1.27. The molecule has 1 saturated heterocycles. The van der Waals surface area contributed by atoms with Crippen LogP contribution in [0.4, 0.5) is 9.18 Å². The summed E-state index contributed by atoms with van der Waals surface area (Å²) >= 11 is 3.11. The van der Waals surface area contributed by atoms with Crippen molar-refractivity contribution in [3.8, 4) is 0 Å². The molecule has 0 aromatic heterocycles. The smallest absolute Gasteiger partial charge is 0.319 e. The van der Waals surface area contributed by atoms with Crippen molar-refractivity contribution in [2.24, 2.45) is 0 Å². The Morgan fingerprint density at radius 2 is 2.12 bits per heavy atom. The molecule has 0 saturated carbocycles. The van der Waals surface area contributed by atoms with Crippen molar-refractivity contribution < 1.29 is 14.0 Å². The normalized spacial score (nSPS) is 26.0. The highest BCUT2D eigenvalue weighted by Gasteiger charge is 2.52. The lowest BCUT2D eigenvalue weighted by molar-refractivity contribution is -0.124. The van der Waals surface area contributed by atoms with E-state index in [9.17, 15) is 14.0 Å². The fraction of sp³-hybridized carbons (Fsp3) is 0.273. The lowest BCUT2D eigenvalue weighted by Crippen LogP contribution is -2.41. The van der Waals surface area contributed by atoms with E-state index in [1.165, 1.54) is 0 Å². The van der Waals surface area contributed by atoms with Crippen LogP contribution in [-0.4, -0.2) is 11.9 Å². The zero-order valence-electron chi connectivity index (χ0n) is 8.64. The lowest BCUT2D eigenvalue weighted by Gasteiger charge is -2.21. The van der Waals surface area contributed by atoms with Gasteiger partial charge in [-0.1, -0.05) is 6.07 Å². The summed E-state index contributed by atoms with van der Waals surface area (Å²) in [6.45, 7) is 0. The molecule has 3 amide bonds. The van der Waals surface area contributed by atoms with Gasteiger partial charge in [0, 0.05) is 0 Å². The number of amides is 3. The van der Waals surface area contributed by atoms with Gasteiger partial charge in [-0.3, -0.25) is 10.1 Å². The Bertz CT molecular complexity index is 561. The van der Waals surface area contributed by atoms with Crippen LogP contribution in [-0.2, 0) is 16.8 Å². The Morgan fingerprint density at radius 1 is 1.35 bits per heavy atom. The molecule has 4 nitrogen and oxygen atoms in total. The summed E-state index contributed by atoms with van der Waals surface area (Å²) in [5, 5.41) is 4.80. The number of fused-ring (bicyclic) bond motifs is 2.